The topological polar surface area (TPSA) is 91.8 Å². The molecule has 3 aromatic carbocycles. The maximum absolute atomic E-state index is 13.0. The fourth-order valence-electron chi connectivity index (χ4n) is 3.74. The summed E-state index contributed by atoms with van der Waals surface area (Å²) in [6.07, 6.45) is 0.293. The van der Waals surface area contributed by atoms with Crippen molar-refractivity contribution < 1.29 is 4.79 Å². The van der Waals surface area contributed by atoms with Gasteiger partial charge in [-0.25, -0.2) is 4.98 Å². The summed E-state index contributed by atoms with van der Waals surface area (Å²) < 4.78 is 0. The average molecular weight is 406 g/mol. The van der Waals surface area contributed by atoms with Crippen LogP contribution in [0.3, 0.4) is 0 Å². The number of aromatic nitrogens is 1. The van der Waals surface area contributed by atoms with E-state index < -0.39 is 0 Å². The zero-order valence-corrected chi connectivity index (χ0v) is 17.0. The minimum atomic E-state index is -0.374. The molecule has 0 radical (unpaired) electrons. The van der Waals surface area contributed by atoms with Gasteiger partial charge >= 0.3 is 0 Å². The van der Waals surface area contributed by atoms with Gasteiger partial charge in [-0.15, -0.1) is 0 Å². The Bertz CT molecular complexity index is 1250. The third-order valence-corrected chi connectivity index (χ3v) is 5.26. The van der Waals surface area contributed by atoms with Gasteiger partial charge < -0.3 is 11.1 Å². The number of nitrogen functional groups attached to an aromatic ring is 1. The Labute approximate surface area is 181 Å². The Balaban J connectivity index is 1.70. The number of nitrogens with zero attached hydrogens (tertiary/aromatic N) is 2. The lowest BCUT2D eigenvalue weighted by molar-refractivity contribution is -0.121. The number of nitrogens with two attached hydrogens (primary N) is 1. The second-order valence-electron chi connectivity index (χ2n) is 7.31. The first-order valence-corrected chi connectivity index (χ1v) is 10.1. The van der Waals surface area contributed by atoms with Crippen molar-refractivity contribution in [3.8, 4) is 17.3 Å². The van der Waals surface area contributed by atoms with E-state index in [1.54, 1.807) is 0 Å². The molecule has 0 spiro atoms. The Morgan fingerprint density at radius 3 is 2.32 bits per heavy atom. The summed E-state index contributed by atoms with van der Waals surface area (Å²) >= 11 is 0. The van der Waals surface area contributed by atoms with Crippen LogP contribution in [0.1, 0.15) is 23.6 Å². The number of fused-ring (bicyclic) bond motifs is 1. The Kier molecular flexibility index (Phi) is 5.91. The second kappa shape index (κ2) is 9.10. The van der Waals surface area contributed by atoms with E-state index in [2.05, 4.69) is 11.4 Å². The number of nitriles is 1. The van der Waals surface area contributed by atoms with E-state index in [0.29, 0.717) is 11.4 Å². The van der Waals surface area contributed by atoms with E-state index in [1.807, 2.05) is 84.9 Å². The number of amides is 1. The molecule has 5 heteroatoms. The molecule has 0 unspecified atom stereocenters. The highest BCUT2D eigenvalue weighted by molar-refractivity contribution is 5.96. The highest BCUT2D eigenvalue weighted by Crippen LogP contribution is 2.32. The third-order valence-electron chi connectivity index (χ3n) is 5.26. The Hall–Kier alpha value is -4.17. The van der Waals surface area contributed by atoms with Gasteiger partial charge in [0.1, 0.15) is 0 Å². The van der Waals surface area contributed by atoms with Gasteiger partial charge in [-0.05, 0) is 17.2 Å². The summed E-state index contributed by atoms with van der Waals surface area (Å²) in [5.74, 6) is -0.189. The zero-order valence-electron chi connectivity index (χ0n) is 17.0. The zero-order chi connectivity index (χ0) is 21.6. The smallest absolute Gasteiger partial charge is 0.225 e. The minimum absolute atomic E-state index is 0.101. The van der Waals surface area contributed by atoms with E-state index in [1.165, 1.54) is 0 Å². The van der Waals surface area contributed by atoms with Crippen molar-refractivity contribution in [2.45, 2.75) is 18.9 Å². The van der Waals surface area contributed by atoms with E-state index in [0.717, 1.165) is 27.6 Å². The summed E-state index contributed by atoms with van der Waals surface area (Å²) in [6.45, 7) is 0. The molecule has 0 fully saturated rings. The number of carbonyl (C=O) groups is 1. The number of para-hydroxylation sites is 1. The normalized spacial score (nSPS) is 11.6. The molecular weight excluding hydrogens is 384 g/mol. The number of benzene rings is 3. The Morgan fingerprint density at radius 1 is 0.968 bits per heavy atom. The number of hydrogen-bond acceptors (Lipinski definition) is 4. The molecule has 1 aromatic heterocycles. The van der Waals surface area contributed by atoms with Crippen molar-refractivity contribution in [3.05, 3.63) is 96.1 Å². The van der Waals surface area contributed by atoms with Crippen molar-refractivity contribution in [1.82, 2.24) is 10.3 Å². The van der Waals surface area contributed by atoms with Gasteiger partial charge in [0.05, 0.1) is 41.9 Å². The lowest BCUT2D eigenvalue weighted by Gasteiger charge is -2.18. The van der Waals surface area contributed by atoms with Crippen LogP contribution in [0.15, 0.2) is 84.9 Å². The number of hydrogen-bond donors (Lipinski definition) is 2. The molecule has 3 N–H and O–H groups in total. The van der Waals surface area contributed by atoms with E-state index >= 15 is 0 Å². The molecule has 152 valence electrons. The molecule has 1 amide bonds. The van der Waals surface area contributed by atoms with Gasteiger partial charge in [0, 0.05) is 10.9 Å². The summed E-state index contributed by atoms with van der Waals surface area (Å²) in [5.41, 5.74) is 11.0. The van der Waals surface area contributed by atoms with E-state index in [-0.39, 0.29) is 24.8 Å². The fourth-order valence-corrected chi connectivity index (χ4v) is 3.74. The van der Waals surface area contributed by atoms with Crippen LogP contribution in [0.4, 0.5) is 5.69 Å². The second-order valence-corrected chi connectivity index (χ2v) is 7.31. The Morgan fingerprint density at radius 2 is 1.61 bits per heavy atom. The molecule has 5 nitrogen and oxygen atoms in total. The molecular formula is C26H22N4O. The molecule has 0 saturated heterocycles. The van der Waals surface area contributed by atoms with Crippen molar-refractivity contribution >= 4 is 22.5 Å². The molecule has 1 heterocycles. The predicted octanol–water partition coefficient (Wildman–Crippen LogP) is 4.80. The maximum atomic E-state index is 13.0. The number of pyridine rings is 1. The van der Waals surface area contributed by atoms with E-state index in [9.17, 15) is 10.1 Å². The summed E-state index contributed by atoms with van der Waals surface area (Å²) in [6, 6.07) is 28.7. The first-order valence-electron chi connectivity index (χ1n) is 10.1. The SMILES string of the molecule is N#CC[C@H](NC(=O)Cc1c(N)c(-c2ccccc2)nc2ccccc12)c1ccccc1. The van der Waals surface area contributed by atoms with Crippen molar-refractivity contribution in [2.24, 2.45) is 0 Å². The standard InChI is InChI=1S/C26H22N4O/c27-16-15-22(18-9-3-1-4-10-18)29-24(31)17-21-20-13-7-8-14-23(20)30-26(25(21)28)19-11-5-2-6-12-19/h1-14,22H,15,17,28H2,(H,29,31)/t22-/m0/s1. The maximum Gasteiger partial charge on any atom is 0.225 e. The molecule has 0 aliphatic heterocycles. The number of anilines is 1. The van der Waals surface area contributed by atoms with Gasteiger partial charge in [-0.1, -0.05) is 78.9 Å². The highest BCUT2D eigenvalue weighted by Gasteiger charge is 2.19. The van der Waals surface area contributed by atoms with Crippen LogP contribution in [0, 0.1) is 11.3 Å². The van der Waals surface area contributed by atoms with Crippen LogP contribution in [0.5, 0.6) is 0 Å². The molecule has 0 aliphatic rings. The fraction of sp³-hybridized carbons (Fsp3) is 0.115. The van der Waals surface area contributed by atoms with Crippen LogP contribution >= 0.6 is 0 Å². The van der Waals surface area contributed by atoms with Gasteiger partial charge in [-0.2, -0.15) is 5.26 Å². The molecule has 31 heavy (non-hydrogen) atoms. The predicted molar refractivity (Wildman–Crippen MR) is 123 cm³/mol. The minimum Gasteiger partial charge on any atom is -0.397 e. The van der Waals surface area contributed by atoms with Crippen LogP contribution < -0.4 is 11.1 Å². The molecule has 0 aliphatic carbocycles. The first kappa shape index (κ1) is 20.1. The van der Waals surface area contributed by atoms with Crippen LogP contribution in [0.25, 0.3) is 22.2 Å². The number of nitrogens with one attached hydrogen (secondary N) is 1. The van der Waals surface area contributed by atoms with Crippen molar-refractivity contribution in [1.29, 1.82) is 5.26 Å². The largest absolute Gasteiger partial charge is 0.397 e. The van der Waals surface area contributed by atoms with Crippen LogP contribution in [-0.4, -0.2) is 10.9 Å². The quantitative estimate of drug-likeness (QED) is 0.481. The molecule has 4 aromatic rings. The summed E-state index contributed by atoms with van der Waals surface area (Å²) in [7, 11) is 0. The van der Waals surface area contributed by atoms with Crippen molar-refractivity contribution in [3.63, 3.8) is 0 Å². The molecule has 1 atom stereocenters. The summed E-state index contributed by atoms with van der Waals surface area (Å²) in [4.78, 5) is 17.8. The van der Waals surface area contributed by atoms with Gasteiger partial charge in [0.15, 0.2) is 0 Å². The van der Waals surface area contributed by atoms with E-state index in [4.69, 9.17) is 10.7 Å². The van der Waals surface area contributed by atoms with Gasteiger partial charge in [0.2, 0.25) is 5.91 Å². The molecule has 0 bridgehead atoms. The van der Waals surface area contributed by atoms with Crippen molar-refractivity contribution in [2.75, 3.05) is 5.73 Å². The molecule has 4 rings (SSSR count). The first-order chi connectivity index (χ1) is 15.2. The van der Waals surface area contributed by atoms with Crippen LogP contribution in [-0.2, 0) is 11.2 Å². The monoisotopic (exact) mass is 406 g/mol. The number of carbonyl (C=O) groups excluding carboxylic acids is 1. The summed E-state index contributed by atoms with van der Waals surface area (Å²) in [5, 5.41) is 13.1. The molecule has 0 saturated carbocycles. The number of rotatable bonds is 6. The lowest BCUT2D eigenvalue weighted by atomic mass is 9.98. The lowest BCUT2D eigenvalue weighted by Crippen LogP contribution is -2.30. The third kappa shape index (κ3) is 4.39. The highest BCUT2D eigenvalue weighted by atomic mass is 16.1. The van der Waals surface area contributed by atoms with Gasteiger partial charge in [-0.3, -0.25) is 4.79 Å². The van der Waals surface area contributed by atoms with Crippen LogP contribution in [0.2, 0.25) is 0 Å². The van der Waals surface area contributed by atoms with Gasteiger partial charge in [0.25, 0.3) is 0 Å². The average Bonchev–Trinajstić information content (AvgIpc) is 2.81.